The average molecular weight is 315 g/mol. The zero-order valence-electron chi connectivity index (χ0n) is 13.5. The maximum Gasteiger partial charge on any atom is 0.258 e. The first-order chi connectivity index (χ1) is 10.8. The van der Waals surface area contributed by atoms with Gasteiger partial charge in [-0.15, -0.1) is 0 Å². The first-order valence-corrected chi connectivity index (χ1v) is 7.32. The van der Waals surface area contributed by atoms with Crippen LogP contribution in [0.25, 0.3) is 0 Å². The van der Waals surface area contributed by atoms with E-state index in [2.05, 4.69) is 15.3 Å². The van der Waals surface area contributed by atoms with Crippen LogP contribution < -0.4 is 5.32 Å². The van der Waals surface area contributed by atoms with E-state index in [1.54, 1.807) is 18.2 Å². The predicted octanol–water partition coefficient (Wildman–Crippen LogP) is 2.01. The molecule has 6 nitrogen and oxygen atoms in total. The number of hydrogen-bond acceptors (Lipinski definition) is 5. The molecule has 2 aromatic rings. The highest BCUT2D eigenvalue weighted by molar-refractivity contribution is 6.03. The first-order valence-electron chi connectivity index (χ1n) is 7.32. The lowest BCUT2D eigenvalue weighted by Crippen LogP contribution is -2.18. The molecule has 6 heteroatoms. The second-order valence-electron chi connectivity index (χ2n) is 6.30. The van der Waals surface area contributed by atoms with Gasteiger partial charge in [-0.1, -0.05) is 26.8 Å². The van der Waals surface area contributed by atoms with Gasteiger partial charge in [-0.2, -0.15) is 0 Å². The Balaban J connectivity index is 2.16. The van der Waals surface area contributed by atoms with E-state index < -0.39 is 0 Å². The molecule has 0 aliphatic heterocycles. The summed E-state index contributed by atoms with van der Waals surface area (Å²) in [5.74, 6) is 0.343. The highest BCUT2D eigenvalue weighted by Crippen LogP contribution is 2.19. The fourth-order valence-electron chi connectivity index (χ4n) is 2.04. The Labute approximate surface area is 135 Å². The van der Waals surface area contributed by atoms with Crippen molar-refractivity contribution >= 4 is 11.6 Å². The molecule has 1 aromatic carbocycles. The summed E-state index contributed by atoms with van der Waals surface area (Å²) < 4.78 is 0. The molecular weight excluding hydrogens is 294 g/mol. The van der Waals surface area contributed by atoms with E-state index in [1.807, 2.05) is 20.8 Å². The van der Waals surface area contributed by atoms with Crippen molar-refractivity contribution in [2.75, 3.05) is 5.32 Å². The Morgan fingerprint density at radius 3 is 2.22 bits per heavy atom. The number of carbonyl (C=O) groups is 1. The Hall–Kier alpha value is -2.31. The van der Waals surface area contributed by atoms with Gasteiger partial charge in [-0.3, -0.25) is 4.79 Å². The molecule has 0 saturated heterocycles. The number of aliphatic hydroxyl groups excluding tert-OH is 2. The average Bonchev–Trinajstić information content (AvgIpc) is 2.54. The second kappa shape index (κ2) is 6.85. The molecule has 0 bridgehead atoms. The number of hydrogen-bond donors (Lipinski definition) is 3. The molecule has 122 valence electrons. The van der Waals surface area contributed by atoms with Crippen molar-refractivity contribution in [3.63, 3.8) is 0 Å². The number of aromatic nitrogens is 2. The minimum atomic E-state index is -0.328. The van der Waals surface area contributed by atoms with E-state index in [9.17, 15) is 15.0 Å². The maximum absolute atomic E-state index is 12.2. The van der Waals surface area contributed by atoms with E-state index in [0.717, 1.165) is 0 Å². The van der Waals surface area contributed by atoms with Gasteiger partial charge in [0.15, 0.2) is 0 Å². The summed E-state index contributed by atoms with van der Waals surface area (Å²) >= 11 is 0. The largest absolute Gasteiger partial charge is 0.392 e. The van der Waals surface area contributed by atoms with E-state index in [4.69, 9.17) is 0 Å². The van der Waals surface area contributed by atoms with E-state index >= 15 is 0 Å². The van der Waals surface area contributed by atoms with Crippen LogP contribution in [0.15, 0.2) is 30.6 Å². The van der Waals surface area contributed by atoms with Gasteiger partial charge in [0.25, 0.3) is 5.91 Å². The Bertz CT molecular complexity index is 691. The zero-order chi connectivity index (χ0) is 17.0. The quantitative estimate of drug-likeness (QED) is 0.802. The van der Waals surface area contributed by atoms with Gasteiger partial charge < -0.3 is 15.5 Å². The summed E-state index contributed by atoms with van der Waals surface area (Å²) in [6, 6.07) is 4.97. The molecule has 1 aromatic heterocycles. The molecule has 2 rings (SSSR count). The molecule has 23 heavy (non-hydrogen) atoms. The Kier molecular flexibility index (Phi) is 5.08. The lowest BCUT2D eigenvalue weighted by atomic mass is 9.96. The molecule has 0 unspecified atom stereocenters. The normalized spacial score (nSPS) is 11.3. The van der Waals surface area contributed by atoms with Crippen LogP contribution in [0.1, 0.15) is 48.1 Å². The van der Waals surface area contributed by atoms with Gasteiger partial charge in [0.1, 0.15) is 5.82 Å². The van der Waals surface area contributed by atoms with Crippen molar-refractivity contribution < 1.29 is 15.0 Å². The fourth-order valence-corrected chi connectivity index (χ4v) is 2.04. The molecule has 0 radical (unpaired) electrons. The number of nitrogens with zero attached hydrogens (tertiary/aromatic N) is 2. The van der Waals surface area contributed by atoms with Crippen LogP contribution in [-0.4, -0.2) is 26.1 Å². The molecular formula is C17H21N3O3. The van der Waals surface area contributed by atoms with Crippen molar-refractivity contribution in [2.24, 2.45) is 0 Å². The highest BCUT2D eigenvalue weighted by atomic mass is 16.3. The van der Waals surface area contributed by atoms with Crippen molar-refractivity contribution in [2.45, 2.75) is 39.4 Å². The predicted molar refractivity (Wildman–Crippen MR) is 87.0 cm³/mol. The second-order valence-corrected chi connectivity index (χ2v) is 6.30. The van der Waals surface area contributed by atoms with Crippen LogP contribution in [0.3, 0.4) is 0 Å². The molecule has 0 aliphatic rings. The van der Waals surface area contributed by atoms with Gasteiger partial charge in [0.2, 0.25) is 0 Å². The number of rotatable bonds is 4. The number of carbonyl (C=O) groups excluding carboxylic acids is 1. The minimum absolute atomic E-state index is 0.160. The van der Waals surface area contributed by atoms with Gasteiger partial charge in [-0.25, -0.2) is 9.97 Å². The third-order valence-corrected chi connectivity index (χ3v) is 3.39. The molecule has 0 fully saturated rings. The molecule has 0 atom stereocenters. The topological polar surface area (TPSA) is 95.3 Å². The number of amides is 1. The molecule has 0 spiro atoms. The van der Waals surface area contributed by atoms with Crippen LogP contribution in [0.5, 0.6) is 0 Å². The summed E-state index contributed by atoms with van der Waals surface area (Å²) in [6.07, 6.45) is 3.00. The smallest absolute Gasteiger partial charge is 0.258 e. The maximum atomic E-state index is 12.2. The Morgan fingerprint density at radius 1 is 1.09 bits per heavy atom. The molecule has 0 saturated carbocycles. The summed E-state index contributed by atoms with van der Waals surface area (Å²) in [7, 11) is 0. The first kappa shape index (κ1) is 17.1. The van der Waals surface area contributed by atoms with Crippen molar-refractivity contribution in [1.29, 1.82) is 0 Å². The monoisotopic (exact) mass is 315 g/mol. The molecule has 0 aliphatic carbocycles. The van der Waals surface area contributed by atoms with Crippen LogP contribution in [0, 0.1) is 0 Å². The minimum Gasteiger partial charge on any atom is -0.392 e. The van der Waals surface area contributed by atoms with Gasteiger partial charge in [-0.05, 0) is 23.3 Å². The number of aliphatic hydroxyl groups is 2. The van der Waals surface area contributed by atoms with Crippen molar-refractivity contribution in [3.05, 3.63) is 53.1 Å². The summed E-state index contributed by atoms with van der Waals surface area (Å²) in [4.78, 5) is 20.7. The summed E-state index contributed by atoms with van der Waals surface area (Å²) in [6.45, 7) is 5.64. The van der Waals surface area contributed by atoms with Gasteiger partial charge in [0, 0.05) is 23.5 Å². The van der Waals surface area contributed by atoms with Crippen LogP contribution in [-0.2, 0) is 18.6 Å². The SMILES string of the molecule is CC(C)(C)c1ncc(C(=O)Nc2ccc(CO)c(CO)c2)cn1. The van der Waals surface area contributed by atoms with Crippen LogP contribution in [0.2, 0.25) is 0 Å². The highest BCUT2D eigenvalue weighted by Gasteiger charge is 2.18. The third-order valence-electron chi connectivity index (χ3n) is 3.39. The fraction of sp³-hybridized carbons (Fsp3) is 0.353. The van der Waals surface area contributed by atoms with E-state index in [0.29, 0.717) is 28.2 Å². The van der Waals surface area contributed by atoms with E-state index in [1.165, 1.54) is 12.4 Å². The lowest BCUT2D eigenvalue weighted by molar-refractivity contribution is 0.102. The number of benzene rings is 1. The molecule has 1 amide bonds. The van der Waals surface area contributed by atoms with E-state index in [-0.39, 0.29) is 24.5 Å². The van der Waals surface area contributed by atoms with Crippen LogP contribution in [0.4, 0.5) is 5.69 Å². The van der Waals surface area contributed by atoms with Gasteiger partial charge in [0.05, 0.1) is 18.8 Å². The number of nitrogens with one attached hydrogen (secondary N) is 1. The third kappa shape index (κ3) is 4.12. The zero-order valence-corrected chi connectivity index (χ0v) is 13.5. The summed E-state index contributed by atoms with van der Waals surface area (Å²) in [5.41, 5.74) is 1.92. The lowest BCUT2D eigenvalue weighted by Gasteiger charge is -2.16. The Morgan fingerprint density at radius 2 is 1.70 bits per heavy atom. The summed E-state index contributed by atoms with van der Waals surface area (Å²) in [5, 5.41) is 21.2. The number of anilines is 1. The molecule has 3 N–H and O–H groups in total. The van der Waals surface area contributed by atoms with Crippen LogP contribution >= 0.6 is 0 Å². The standard InChI is InChI=1S/C17H21N3O3/c1-17(2,3)16-18-7-13(8-19-16)15(23)20-14-5-4-11(9-21)12(6-14)10-22/h4-8,21-22H,9-10H2,1-3H3,(H,20,23). The van der Waals surface area contributed by atoms with Crippen molar-refractivity contribution in [1.82, 2.24) is 9.97 Å². The molecule has 1 heterocycles. The van der Waals surface area contributed by atoms with Gasteiger partial charge >= 0.3 is 0 Å². The van der Waals surface area contributed by atoms with Crippen molar-refractivity contribution in [3.8, 4) is 0 Å².